The van der Waals surface area contributed by atoms with Crippen molar-refractivity contribution in [1.29, 1.82) is 0 Å². The summed E-state index contributed by atoms with van der Waals surface area (Å²) in [4.78, 5) is 33.5. The molecular formula is C21H22F2N8O4. The van der Waals surface area contributed by atoms with Gasteiger partial charge in [-0.1, -0.05) is 6.07 Å². The molecule has 4 rings (SSSR count). The molecule has 1 aromatic carbocycles. The molecule has 14 heteroatoms. The summed E-state index contributed by atoms with van der Waals surface area (Å²) in [7, 11) is 3.19. The number of methoxy groups -OCH3 is 1. The van der Waals surface area contributed by atoms with Crippen LogP contribution in [0, 0.1) is 5.92 Å². The van der Waals surface area contributed by atoms with Crippen LogP contribution < -0.4 is 20.9 Å². The molecular weight excluding hydrogens is 466 g/mol. The molecule has 12 nitrogen and oxygen atoms in total. The first-order valence-electron chi connectivity index (χ1n) is 10.5. The predicted molar refractivity (Wildman–Crippen MR) is 119 cm³/mol. The maximum absolute atomic E-state index is 12.6. The zero-order valence-corrected chi connectivity index (χ0v) is 18.8. The van der Waals surface area contributed by atoms with Gasteiger partial charge in [0, 0.05) is 19.0 Å². The fourth-order valence-electron chi connectivity index (χ4n) is 3.15. The molecule has 1 saturated carbocycles. The van der Waals surface area contributed by atoms with Gasteiger partial charge in [0.2, 0.25) is 5.91 Å². The Labute approximate surface area is 198 Å². The van der Waals surface area contributed by atoms with Crippen molar-refractivity contribution >= 4 is 29.0 Å². The van der Waals surface area contributed by atoms with Gasteiger partial charge in [-0.2, -0.15) is 5.10 Å². The van der Waals surface area contributed by atoms with Crippen molar-refractivity contribution in [1.82, 2.24) is 30.4 Å². The maximum Gasteiger partial charge on any atom is 0.297 e. The summed E-state index contributed by atoms with van der Waals surface area (Å²) in [6, 6.07) is 6.58. The van der Waals surface area contributed by atoms with Gasteiger partial charge in [-0.25, -0.2) is 19.2 Å². The molecule has 1 aliphatic rings. The van der Waals surface area contributed by atoms with Gasteiger partial charge < -0.3 is 15.4 Å². The van der Waals surface area contributed by atoms with Crippen LogP contribution in [-0.4, -0.2) is 56.9 Å². The fraction of sp³-hybridized carbons (Fsp3) is 0.333. The van der Waals surface area contributed by atoms with E-state index in [1.807, 2.05) is 5.48 Å². The van der Waals surface area contributed by atoms with E-state index in [4.69, 9.17) is 4.74 Å². The molecule has 0 bridgehead atoms. The summed E-state index contributed by atoms with van der Waals surface area (Å²) < 4.78 is 31.9. The summed E-state index contributed by atoms with van der Waals surface area (Å²) in [6.07, 6.45) is 0.347. The lowest BCUT2D eigenvalue weighted by atomic mass is 10.1. The van der Waals surface area contributed by atoms with Crippen molar-refractivity contribution < 1.29 is 27.9 Å². The van der Waals surface area contributed by atoms with E-state index in [9.17, 15) is 18.4 Å². The fourth-order valence-corrected chi connectivity index (χ4v) is 3.15. The van der Waals surface area contributed by atoms with Crippen molar-refractivity contribution in [2.45, 2.75) is 19.3 Å². The third kappa shape index (κ3) is 5.84. The molecule has 2 aromatic heterocycles. The summed E-state index contributed by atoms with van der Waals surface area (Å²) in [5, 5.41) is 17.7. The number of ether oxygens (including phenoxy) is 1. The number of rotatable bonds is 10. The van der Waals surface area contributed by atoms with E-state index in [1.54, 1.807) is 36.3 Å². The molecule has 2 amide bonds. The third-order valence-corrected chi connectivity index (χ3v) is 4.91. The predicted octanol–water partition coefficient (Wildman–Crippen LogP) is 2.30. The standard InChI is InChI=1S/C21H22F2N8O4/c1-31-10-24-19(29-31)12-4-3-5-13(18(12)34-2)25-14-8-16(26-20(32)11-6-7-11)27-28-17(14)21(33)30-35-9-15(22)23/h3-5,8,10-11,15H,6-7,9H2,1-2H3,(H,30,33)(H2,25,26,27,32). The summed E-state index contributed by atoms with van der Waals surface area (Å²) in [5.74, 6) is -0.306. The Hall–Kier alpha value is -4.20. The van der Waals surface area contributed by atoms with E-state index >= 15 is 0 Å². The van der Waals surface area contributed by atoms with Crippen LogP contribution in [0.2, 0.25) is 0 Å². The average Bonchev–Trinajstić information content (AvgIpc) is 3.59. The minimum absolute atomic E-state index is 0.0819. The lowest BCUT2D eigenvalue weighted by Crippen LogP contribution is -2.28. The highest BCUT2D eigenvalue weighted by Crippen LogP contribution is 2.37. The number of alkyl halides is 2. The van der Waals surface area contributed by atoms with E-state index in [-0.39, 0.29) is 29.0 Å². The SMILES string of the molecule is COc1c(Nc2cc(NC(=O)C3CC3)nnc2C(=O)NOCC(F)F)cccc1-c1ncn(C)n1. The Morgan fingerprint density at radius 1 is 1.23 bits per heavy atom. The highest BCUT2D eigenvalue weighted by molar-refractivity contribution is 5.99. The number of nitrogens with one attached hydrogen (secondary N) is 3. The molecule has 3 aromatic rings. The molecule has 2 heterocycles. The van der Waals surface area contributed by atoms with Crippen molar-refractivity contribution in [3.8, 4) is 17.1 Å². The minimum Gasteiger partial charge on any atom is -0.494 e. The maximum atomic E-state index is 12.6. The molecule has 0 unspecified atom stereocenters. The van der Waals surface area contributed by atoms with Crippen LogP contribution in [0.15, 0.2) is 30.6 Å². The van der Waals surface area contributed by atoms with Crippen molar-refractivity contribution in [3.63, 3.8) is 0 Å². The summed E-state index contributed by atoms with van der Waals surface area (Å²) >= 11 is 0. The van der Waals surface area contributed by atoms with Crippen LogP contribution >= 0.6 is 0 Å². The normalized spacial score (nSPS) is 12.9. The number of halogens is 2. The number of aromatic nitrogens is 5. The van der Waals surface area contributed by atoms with Gasteiger partial charge in [0.1, 0.15) is 12.9 Å². The second kappa shape index (κ2) is 10.4. The molecule has 1 fully saturated rings. The van der Waals surface area contributed by atoms with Gasteiger partial charge >= 0.3 is 0 Å². The second-order valence-corrected chi connectivity index (χ2v) is 7.64. The van der Waals surface area contributed by atoms with Crippen molar-refractivity contribution in [2.24, 2.45) is 13.0 Å². The lowest BCUT2D eigenvalue weighted by Gasteiger charge is -2.16. The quantitative estimate of drug-likeness (QED) is 0.366. The Morgan fingerprint density at radius 3 is 2.69 bits per heavy atom. The highest BCUT2D eigenvalue weighted by Gasteiger charge is 2.30. The van der Waals surface area contributed by atoms with Gasteiger partial charge in [0.15, 0.2) is 23.1 Å². The zero-order chi connectivity index (χ0) is 24.9. The number of hydrogen-bond donors (Lipinski definition) is 3. The molecule has 1 aliphatic carbocycles. The molecule has 0 aliphatic heterocycles. The van der Waals surface area contributed by atoms with Crippen molar-refractivity contribution in [3.05, 3.63) is 36.3 Å². The summed E-state index contributed by atoms with van der Waals surface area (Å²) in [6.45, 7) is -0.996. The Bertz CT molecular complexity index is 1230. The molecule has 0 atom stereocenters. The number of carbonyl (C=O) groups is 2. The van der Waals surface area contributed by atoms with E-state index < -0.39 is 18.9 Å². The smallest absolute Gasteiger partial charge is 0.297 e. The first-order chi connectivity index (χ1) is 16.9. The van der Waals surface area contributed by atoms with Crippen LogP contribution in [0.4, 0.5) is 26.0 Å². The number of hydrogen-bond acceptors (Lipinski definition) is 9. The van der Waals surface area contributed by atoms with E-state index in [2.05, 4.69) is 35.8 Å². The van der Waals surface area contributed by atoms with Gasteiger partial charge in [-0.05, 0) is 25.0 Å². The number of para-hydroxylation sites is 1. The largest absolute Gasteiger partial charge is 0.494 e. The monoisotopic (exact) mass is 488 g/mol. The summed E-state index contributed by atoms with van der Waals surface area (Å²) in [5.41, 5.74) is 2.77. The van der Waals surface area contributed by atoms with E-state index in [1.165, 1.54) is 13.2 Å². The van der Waals surface area contributed by atoms with E-state index in [0.29, 0.717) is 22.8 Å². The first-order valence-corrected chi connectivity index (χ1v) is 10.5. The average molecular weight is 488 g/mol. The Morgan fingerprint density at radius 2 is 2.03 bits per heavy atom. The first kappa shape index (κ1) is 23.9. The second-order valence-electron chi connectivity index (χ2n) is 7.64. The van der Waals surface area contributed by atoms with Gasteiger partial charge in [0.25, 0.3) is 12.3 Å². The molecule has 3 N–H and O–H groups in total. The van der Waals surface area contributed by atoms with Crippen LogP contribution in [0.25, 0.3) is 11.4 Å². The molecule has 0 saturated heterocycles. The van der Waals surface area contributed by atoms with E-state index in [0.717, 1.165) is 12.8 Å². The highest BCUT2D eigenvalue weighted by atomic mass is 19.3. The Balaban J connectivity index is 1.66. The van der Waals surface area contributed by atoms with Gasteiger partial charge in [-0.15, -0.1) is 10.2 Å². The topological polar surface area (TPSA) is 145 Å². The number of anilines is 3. The molecule has 35 heavy (non-hydrogen) atoms. The lowest BCUT2D eigenvalue weighted by molar-refractivity contribution is -0.117. The van der Waals surface area contributed by atoms with Crippen LogP contribution in [0.5, 0.6) is 5.75 Å². The molecule has 184 valence electrons. The van der Waals surface area contributed by atoms with Gasteiger partial charge in [-0.3, -0.25) is 19.1 Å². The number of nitrogens with zero attached hydrogens (tertiary/aromatic N) is 5. The van der Waals surface area contributed by atoms with Crippen LogP contribution in [0.3, 0.4) is 0 Å². The van der Waals surface area contributed by atoms with Gasteiger partial charge in [0.05, 0.1) is 24.0 Å². The number of aryl methyl sites for hydroxylation is 1. The number of hydroxylamine groups is 1. The Kier molecular flexibility index (Phi) is 7.10. The zero-order valence-electron chi connectivity index (χ0n) is 18.8. The number of carbonyl (C=O) groups excluding carboxylic acids is 2. The van der Waals surface area contributed by atoms with Crippen LogP contribution in [0.1, 0.15) is 23.3 Å². The molecule has 0 spiro atoms. The van der Waals surface area contributed by atoms with Crippen molar-refractivity contribution in [2.75, 3.05) is 24.4 Å². The molecule has 0 radical (unpaired) electrons. The van der Waals surface area contributed by atoms with Crippen LogP contribution in [-0.2, 0) is 16.7 Å². The number of amides is 2. The minimum atomic E-state index is -2.77. The third-order valence-electron chi connectivity index (χ3n) is 4.91. The number of benzene rings is 1.